The Morgan fingerprint density at radius 2 is 0.683 bits per heavy atom. The van der Waals surface area contributed by atoms with Crippen LogP contribution in [0.3, 0.4) is 0 Å². The summed E-state index contributed by atoms with van der Waals surface area (Å²) in [6.07, 6.45) is -62.9. The molecule has 2 amide bonds. The lowest BCUT2D eigenvalue weighted by atomic mass is 9.93. The number of amides is 2. The van der Waals surface area contributed by atoms with Gasteiger partial charge in [-0.1, -0.05) is 0 Å². The van der Waals surface area contributed by atoms with Crippen LogP contribution in [0.2, 0.25) is 0 Å². The van der Waals surface area contributed by atoms with Crippen molar-refractivity contribution in [1.82, 2.24) is 10.6 Å². The molecule has 82 heavy (non-hydrogen) atoms. The third kappa shape index (κ3) is 14.1. The van der Waals surface area contributed by atoms with Crippen LogP contribution in [-0.4, -0.2) is 357 Å². The summed E-state index contributed by atoms with van der Waals surface area (Å²) in [6, 6.07) is -3.66. The number of aliphatic hydroxyl groups is 19. The van der Waals surface area contributed by atoms with E-state index >= 15 is 0 Å². The van der Waals surface area contributed by atoms with Gasteiger partial charge in [-0.3, -0.25) is 9.59 Å². The second-order valence-electron chi connectivity index (χ2n) is 21.0. The van der Waals surface area contributed by atoms with Gasteiger partial charge in [-0.15, -0.1) is 0 Å². The number of aliphatic hydroxyl groups excluding tert-OH is 19. The van der Waals surface area contributed by atoms with E-state index in [4.69, 9.17) is 61.6 Å². The van der Waals surface area contributed by atoms with E-state index in [0.717, 1.165) is 13.8 Å². The maximum absolute atomic E-state index is 13.2. The first kappa shape index (κ1) is 67.2. The van der Waals surface area contributed by atoms with Crippen LogP contribution >= 0.6 is 0 Å². The number of ether oxygens (including phenoxy) is 13. The predicted octanol–water partition coefficient (Wildman–Crippen LogP) is -13.9. The average molecular weight is 1200 g/mol. The maximum Gasteiger partial charge on any atom is 0.217 e. The Hall–Kier alpha value is -2.34. The molecule has 7 aliphatic heterocycles. The summed E-state index contributed by atoms with van der Waals surface area (Å²) < 4.78 is 76.2. The largest absolute Gasteiger partial charge is 0.394 e. The molecular weight excluding hydrogens is 1120 g/mol. The van der Waals surface area contributed by atoms with Crippen molar-refractivity contribution in [2.24, 2.45) is 0 Å². The monoisotopic (exact) mass is 1200 g/mol. The number of hydrogen-bond acceptors (Lipinski definition) is 34. The van der Waals surface area contributed by atoms with Crippen LogP contribution in [0.1, 0.15) is 27.7 Å². The van der Waals surface area contributed by atoms with Crippen LogP contribution in [-0.2, 0) is 71.2 Å². The normalized spacial score (nSPS) is 51.3. The van der Waals surface area contributed by atoms with E-state index in [0.29, 0.717) is 0 Å². The third-order valence-electron chi connectivity index (χ3n) is 15.3. The quantitative estimate of drug-likeness (QED) is 0.0571. The van der Waals surface area contributed by atoms with Gasteiger partial charge in [0.15, 0.2) is 44.0 Å². The number of hydrogen-bond donors (Lipinski definition) is 21. The molecule has 0 bridgehead atoms. The third-order valence-corrected chi connectivity index (χ3v) is 15.3. The van der Waals surface area contributed by atoms with Gasteiger partial charge >= 0.3 is 0 Å². The fourth-order valence-corrected chi connectivity index (χ4v) is 10.7. The number of rotatable bonds is 19. The molecule has 0 aromatic carbocycles. The molecule has 7 heterocycles. The molecule has 7 saturated heterocycles. The minimum absolute atomic E-state index is 0.837. The molecule has 0 aromatic rings. The Kier molecular flexibility index (Phi) is 23.5. The highest BCUT2D eigenvalue weighted by atomic mass is 16.8. The highest BCUT2D eigenvalue weighted by Gasteiger charge is 2.60. The van der Waals surface area contributed by atoms with Crippen molar-refractivity contribution in [1.29, 1.82) is 0 Å². The highest BCUT2D eigenvalue weighted by molar-refractivity contribution is 5.73. The summed E-state index contributed by atoms with van der Waals surface area (Å²) in [7, 11) is 0. The Bertz CT molecular complexity index is 2030. The zero-order valence-corrected chi connectivity index (χ0v) is 44.4. The van der Waals surface area contributed by atoms with Crippen LogP contribution in [0.25, 0.3) is 0 Å². The summed E-state index contributed by atoms with van der Waals surface area (Å²) >= 11 is 0. The molecule has 21 N–H and O–H groups in total. The van der Waals surface area contributed by atoms with E-state index in [9.17, 15) is 107 Å². The number of carbonyl (C=O) groups is 2. The van der Waals surface area contributed by atoms with E-state index in [1.807, 2.05) is 0 Å². The zero-order chi connectivity index (χ0) is 60.5. The first-order chi connectivity index (χ1) is 38.7. The molecule has 36 nitrogen and oxygen atoms in total. The van der Waals surface area contributed by atoms with Gasteiger partial charge in [-0.2, -0.15) is 0 Å². The molecule has 476 valence electrons. The smallest absolute Gasteiger partial charge is 0.217 e. The van der Waals surface area contributed by atoms with Crippen molar-refractivity contribution in [2.45, 2.75) is 243 Å². The number of nitrogens with one attached hydrogen (secondary N) is 2. The fraction of sp³-hybridized carbons (Fsp3) is 0.957. The van der Waals surface area contributed by atoms with Crippen LogP contribution < -0.4 is 10.6 Å². The van der Waals surface area contributed by atoms with Gasteiger partial charge in [0.1, 0.15) is 159 Å². The Morgan fingerprint density at radius 1 is 0.317 bits per heavy atom. The molecule has 0 aliphatic carbocycles. The van der Waals surface area contributed by atoms with Gasteiger partial charge in [0.05, 0.1) is 45.2 Å². The maximum atomic E-state index is 13.2. The molecular formula is C46H78N2O34. The van der Waals surface area contributed by atoms with E-state index in [1.54, 1.807) is 0 Å². The molecule has 0 saturated carbocycles. The van der Waals surface area contributed by atoms with Gasteiger partial charge in [-0.05, 0) is 13.8 Å². The van der Waals surface area contributed by atoms with Crippen molar-refractivity contribution in [3.8, 4) is 0 Å². The van der Waals surface area contributed by atoms with E-state index in [-0.39, 0.29) is 0 Å². The Labute approximate surface area is 465 Å². The van der Waals surface area contributed by atoms with Gasteiger partial charge in [0.2, 0.25) is 11.8 Å². The van der Waals surface area contributed by atoms with Gasteiger partial charge < -0.3 is 169 Å². The second kappa shape index (κ2) is 28.7. The van der Waals surface area contributed by atoms with Crippen molar-refractivity contribution >= 4 is 11.8 Å². The minimum atomic E-state index is -2.30. The molecule has 7 fully saturated rings. The molecule has 0 spiro atoms. The SMILES string of the molecule is CC(=O)N[C@H]1[C@H](O[C@@H]2[C@@H](O)[C@H](O)O[C@H](CO)[C@H]2O)O[C@H](CO)[C@@H](O[C@@H]2O[C@H](CO)[C@H](O)[C@H](O[C@@H]3O[C@H](CO)[C@@H](O[C@@H]4O[C@H](CO)[C@H](O)[C@H](O)[C@H]4O[C@@H]4O[C@@H](C)[C@@H](O)[C@@H](O)[C@@H]4O)[C@H](O[C@@H]4O[C@@H](C)[C@@H](O)[C@@H](O)[C@@H]4O)[C@H]3NC(C)=O)[C@H]2O)[C@@H]1O. The van der Waals surface area contributed by atoms with Crippen molar-refractivity contribution in [2.75, 3.05) is 33.0 Å². The Morgan fingerprint density at radius 3 is 1.18 bits per heavy atom. The lowest BCUT2D eigenvalue weighted by Crippen LogP contribution is -2.72. The van der Waals surface area contributed by atoms with E-state index in [1.165, 1.54) is 13.8 Å². The Balaban J connectivity index is 1.21. The van der Waals surface area contributed by atoms with Crippen molar-refractivity contribution in [3.63, 3.8) is 0 Å². The van der Waals surface area contributed by atoms with Crippen LogP contribution in [0.5, 0.6) is 0 Å². The molecule has 0 aromatic heterocycles. The van der Waals surface area contributed by atoms with Gasteiger partial charge in [0, 0.05) is 13.8 Å². The molecule has 0 radical (unpaired) electrons. The topological polar surface area (TPSA) is 563 Å². The summed E-state index contributed by atoms with van der Waals surface area (Å²) in [4.78, 5) is 25.8. The van der Waals surface area contributed by atoms with E-state index in [2.05, 4.69) is 10.6 Å². The first-order valence-electron chi connectivity index (χ1n) is 26.3. The molecule has 36 heteroatoms. The van der Waals surface area contributed by atoms with Gasteiger partial charge in [-0.25, -0.2) is 0 Å². The van der Waals surface area contributed by atoms with Gasteiger partial charge in [0.25, 0.3) is 0 Å². The van der Waals surface area contributed by atoms with Crippen LogP contribution in [0.15, 0.2) is 0 Å². The lowest BCUT2D eigenvalue weighted by Gasteiger charge is -2.52. The molecule has 35 atom stereocenters. The van der Waals surface area contributed by atoms with E-state index < -0.39 is 260 Å². The van der Waals surface area contributed by atoms with Crippen molar-refractivity contribution in [3.05, 3.63) is 0 Å². The summed E-state index contributed by atoms with van der Waals surface area (Å²) in [5, 5.41) is 211. The molecule has 0 unspecified atom stereocenters. The highest BCUT2D eigenvalue weighted by Crippen LogP contribution is 2.39. The van der Waals surface area contributed by atoms with Crippen LogP contribution in [0.4, 0.5) is 0 Å². The van der Waals surface area contributed by atoms with Crippen LogP contribution in [0, 0.1) is 0 Å². The second-order valence-corrected chi connectivity index (χ2v) is 21.0. The molecule has 7 rings (SSSR count). The van der Waals surface area contributed by atoms with Crippen molar-refractivity contribution < 1.29 is 168 Å². The first-order valence-corrected chi connectivity index (χ1v) is 26.3. The fourth-order valence-electron chi connectivity index (χ4n) is 10.7. The summed E-state index contributed by atoms with van der Waals surface area (Å²) in [5.41, 5.74) is 0. The molecule has 7 aliphatic rings. The lowest BCUT2D eigenvalue weighted by molar-refractivity contribution is -0.401. The number of carbonyl (C=O) groups excluding carboxylic acids is 2. The minimum Gasteiger partial charge on any atom is -0.394 e. The summed E-state index contributed by atoms with van der Waals surface area (Å²) in [5.74, 6) is -1.76. The standard InChI is InChI=1S/C46H78N2O34/c1-10-21(56)27(62)30(65)43(70-10)79-36-20(48-13(4)55)42(76-18(9-53)35(36)78-46-39(29(64)23(58)14(5-49)74-46)82-44-31(66)28(63)22(57)11(2)71-44)81-38-25(60)16(7-51)73-45(33(38)68)77-34-17(8-52)75-41(19(26(34)61)47-12(3)54)80-37-24(59)15(6-50)72-40(69)32(37)67/h10-11,14-46,49-53,56-69H,5-9H2,1-4H3,(H,47,54)(H,48,55)/t10-,11-,14+,15+,16+,17+,18+,19+,20+,21+,22+,23-,24+,25-,26+,27+,28+,29-,30-,31-,32+,33+,34+,35+,36+,37-,38-,39+,40+,41-,42-,43-,44-,45-,46-/m0/s1. The summed E-state index contributed by atoms with van der Waals surface area (Å²) in [6.45, 7) is -0.587. The zero-order valence-electron chi connectivity index (χ0n) is 44.4. The average Bonchev–Trinajstić information content (AvgIpc) is 3.65. The predicted molar refractivity (Wildman–Crippen MR) is 252 cm³/mol.